The summed E-state index contributed by atoms with van der Waals surface area (Å²) in [6, 6.07) is 15.1. The van der Waals surface area contributed by atoms with E-state index in [0.717, 1.165) is 22.7 Å². The number of nitrogens with one attached hydrogen (secondary N) is 2. The van der Waals surface area contributed by atoms with E-state index < -0.39 is 0 Å². The number of benzene rings is 2. The molecule has 1 amide bonds. The summed E-state index contributed by atoms with van der Waals surface area (Å²) in [6.45, 7) is 3.39. The van der Waals surface area contributed by atoms with Gasteiger partial charge in [0.2, 0.25) is 5.91 Å². The molecule has 0 spiro atoms. The van der Waals surface area contributed by atoms with Crippen LogP contribution in [0.1, 0.15) is 12.5 Å². The molecular weight excluding hydrogens is 292 g/mol. The van der Waals surface area contributed by atoms with Gasteiger partial charge in [-0.1, -0.05) is 18.2 Å². The summed E-state index contributed by atoms with van der Waals surface area (Å²) >= 11 is 0. The molecule has 0 unspecified atom stereocenters. The monoisotopic (exact) mass is 314 g/mol. The topological polar surface area (TPSA) is 59.6 Å². The molecule has 2 N–H and O–H groups in total. The van der Waals surface area contributed by atoms with Gasteiger partial charge in [0, 0.05) is 18.3 Å². The Bertz CT molecular complexity index is 626. The minimum atomic E-state index is -0.0906. The molecule has 0 fully saturated rings. The van der Waals surface area contributed by atoms with E-state index in [-0.39, 0.29) is 12.5 Å². The highest BCUT2D eigenvalue weighted by molar-refractivity contribution is 5.92. The quantitative estimate of drug-likeness (QED) is 0.786. The molecule has 0 aromatic heterocycles. The Morgan fingerprint density at radius 2 is 1.87 bits per heavy atom. The van der Waals surface area contributed by atoms with Crippen molar-refractivity contribution < 1.29 is 14.3 Å². The molecule has 0 heterocycles. The average molecular weight is 314 g/mol. The summed E-state index contributed by atoms with van der Waals surface area (Å²) in [5.41, 5.74) is 1.82. The van der Waals surface area contributed by atoms with Crippen molar-refractivity contribution in [1.29, 1.82) is 0 Å². The molecule has 0 aliphatic heterocycles. The van der Waals surface area contributed by atoms with Gasteiger partial charge in [0.15, 0.2) is 0 Å². The molecule has 0 saturated carbocycles. The number of carbonyl (C=O) groups is 1. The lowest BCUT2D eigenvalue weighted by Gasteiger charge is -2.09. The SMILES string of the molecule is CCOc1cccc(NC(=O)CNCc2ccc(OC)cc2)c1. The molecule has 5 nitrogen and oxygen atoms in total. The Labute approximate surface area is 136 Å². The first-order valence-corrected chi connectivity index (χ1v) is 7.57. The van der Waals surface area contributed by atoms with Crippen molar-refractivity contribution in [3.8, 4) is 11.5 Å². The molecule has 0 saturated heterocycles. The number of anilines is 1. The van der Waals surface area contributed by atoms with Gasteiger partial charge in [0.25, 0.3) is 0 Å². The highest BCUT2D eigenvalue weighted by Crippen LogP contribution is 2.17. The molecule has 2 aromatic rings. The zero-order valence-corrected chi connectivity index (χ0v) is 13.5. The molecule has 5 heteroatoms. The zero-order chi connectivity index (χ0) is 16.5. The second kappa shape index (κ2) is 8.80. The van der Waals surface area contributed by atoms with Crippen LogP contribution in [0.25, 0.3) is 0 Å². The number of methoxy groups -OCH3 is 1. The molecule has 122 valence electrons. The fourth-order valence-electron chi connectivity index (χ4n) is 2.10. The molecule has 0 aliphatic rings. The van der Waals surface area contributed by atoms with E-state index >= 15 is 0 Å². The fraction of sp³-hybridized carbons (Fsp3) is 0.278. The molecule has 23 heavy (non-hydrogen) atoms. The van der Waals surface area contributed by atoms with Crippen molar-refractivity contribution in [3.05, 3.63) is 54.1 Å². The summed E-state index contributed by atoms with van der Waals surface area (Å²) in [6.07, 6.45) is 0. The van der Waals surface area contributed by atoms with E-state index in [1.165, 1.54) is 0 Å². The van der Waals surface area contributed by atoms with E-state index in [9.17, 15) is 4.79 Å². The Hall–Kier alpha value is -2.53. The van der Waals surface area contributed by atoms with E-state index in [1.54, 1.807) is 7.11 Å². The minimum absolute atomic E-state index is 0.0906. The Morgan fingerprint density at radius 1 is 1.09 bits per heavy atom. The molecule has 0 radical (unpaired) electrons. The maximum absolute atomic E-state index is 11.9. The van der Waals surface area contributed by atoms with Crippen LogP contribution in [-0.2, 0) is 11.3 Å². The molecule has 0 bridgehead atoms. The molecule has 2 rings (SSSR count). The van der Waals surface area contributed by atoms with Gasteiger partial charge in [0.05, 0.1) is 20.3 Å². The summed E-state index contributed by atoms with van der Waals surface area (Å²) in [5.74, 6) is 1.48. The standard InChI is InChI=1S/C18H22N2O3/c1-3-23-17-6-4-5-15(11-17)20-18(21)13-19-12-14-7-9-16(22-2)10-8-14/h4-11,19H,3,12-13H2,1-2H3,(H,20,21). The van der Waals surface area contributed by atoms with Crippen LogP contribution in [0.2, 0.25) is 0 Å². The van der Waals surface area contributed by atoms with Crippen LogP contribution >= 0.6 is 0 Å². The number of amides is 1. The van der Waals surface area contributed by atoms with Crippen LogP contribution in [0.15, 0.2) is 48.5 Å². The maximum atomic E-state index is 11.9. The van der Waals surface area contributed by atoms with Crippen LogP contribution in [0.5, 0.6) is 11.5 Å². The summed E-state index contributed by atoms with van der Waals surface area (Å²) in [7, 11) is 1.64. The van der Waals surface area contributed by atoms with Crippen molar-refractivity contribution >= 4 is 11.6 Å². The van der Waals surface area contributed by atoms with E-state index in [1.807, 2.05) is 55.5 Å². The third kappa shape index (κ3) is 5.64. The van der Waals surface area contributed by atoms with Gasteiger partial charge < -0.3 is 20.1 Å². The third-order valence-corrected chi connectivity index (χ3v) is 3.20. The summed E-state index contributed by atoms with van der Waals surface area (Å²) in [4.78, 5) is 11.9. The van der Waals surface area contributed by atoms with Crippen LogP contribution in [0.4, 0.5) is 5.69 Å². The van der Waals surface area contributed by atoms with Crippen LogP contribution < -0.4 is 20.1 Å². The van der Waals surface area contributed by atoms with Crippen LogP contribution in [0.3, 0.4) is 0 Å². The first-order chi connectivity index (χ1) is 11.2. The predicted molar refractivity (Wildman–Crippen MR) is 90.9 cm³/mol. The first-order valence-electron chi connectivity index (χ1n) is 7.57. The molecular formula is C18H22N2O3. The maximum Gasteiger partial charge on any atom is 0.238 e. The lowest BCUT2D eigenvalue weighted by Crippen LogP contribution is -2.27. The number of hydrogen-bond donors (Lipinski definition) is 2. The largest absolute Gasteiger partial charge is 0.497 e. The van der Waals surface area contributed by atoms with Gasteiger partial charge in [-0.15, -0.1) is 0 Å². The number of rotatable bonds is 8. The van der Waals surface area contributed by atoms with Crippen molar-refractivity contribution in [1.82, 2.24) is 5.32 Å². The number of ether oxygens (including phenoxy) is 2. The van der Waals surface area contributed by atoms with Gasteiger partial charge in [0.1, 0.15) is 11.5 Å². The second-order valence-corrected chi connectivity index (χ2v) is 4.96. The van der Waals surface area contributed by atoms with Crippen LogP contribution in [0, 0.1) is 0 Å². The van der Waals surface area contributed by atoms with Crippen molar-refractivity contribution in [2.45, 2.75) is 13.5 Å². The Balaban J connectivity index is 1.77. The van der Waals surface area contributed by atoms with Crippen molar-refractivity contribution in [2.24, 2.45) is 0 Å². The fourth-order valence-corrected chi connectivity index (χ4v) is 2.10. The molecule has 0 atom stereocenters. The van der Waals surface area contributed by atoms with Gasteiger partial charge in [-0.3, -0.25) is 4.79 Å². The minimum Gasteiger partial charge on any atom is -0.497 e. The van der Waals surface area contributed by atoms with Gasteiger partial charge >= 0.3 is 0 Å². The van der Waals surface area contributed by atoms with Gasteiger partial charge in [-0.2, -0.15) is 0 Å². The third-order valence-electron chi connectivity index (χ3n) is 3.20. The van der Waals surface area contributed by atoms with E-state index in [0.29, 0.717) is 13.2 Å². The van der Waals surface area contributed by atoms with Crippen molar-refractivity contribution in [2.75, 3.05) is 25.6 Å². The predicted octanol–water partition coefficient (Wildman–Crippen LogP) is 2.82. The van der Waals surface area contributed by atoms with Crippen molar-refractivity contribution in [3.63, 3.8) is 0 Å². The Morgan fingerprint density at radius 3 is 2.57 bits per heavy atom. The highest BCUT2D eigenvalue weighted by atomic mass is 16.5. The van der Waals surface area contributed by atoms with Gasteiger partial charge in [-0.25, -0.2) is 0 Å². The molecule has 0 aliphatic carbocycles. The zero-order valence-electron chi connectivity index (χ0n) is 13.5. The van der Waals surface area contributed by atoms with Gasteiger partial charge in [-0.05, 0) is 36.8 Å². The smallest absolute Gasteiger partial charge is 0.238 e. The second-order valence-electron chi connectivity index (χ2n) is 4.96. The average Bonchev–Trinajstić information content (AvgIpc) is 2.56. The molecule has 2 aromatic carbocycles. The van der Waals surface area contributed by atoms with E-state index in [4.69, 9.17) is 9.47 Å². The summed E-state index contributed by atoms with van der Waals surface area (Å²) in [5, 5.41) is 5.96. The number of hydrogen-bond acceptors (Lipinski definition) is 4. The first kappa shape index (κ1) is 16.8. The van der Waals surface area contributed by atoms with E-state index in [2.05, 4.69) is 10.6 Å². The Kier molecular flexibility index (Phi) is 6.44. The lowest BCUT2D eigenvalue weighted by atomic mass is 10.2. The lowest BCUT2D eigenvalue weighted by molar-refractivity contribution is -0.115. The van der Waals surface area contributed by atoms with Crippen LogP contribution in [-0.4, -0.2) is 26.2 Å². The highest BCUT2D eigenvalue weighted by Gasteiger charge is 2.03. The number of carbonyl (C=O) groups excluding carboxylic acids is 1. The summed E-state index contributed by atoms with van der Waals surface area (Å²) < 4.78 is 10.5. The normalized spacial score (nSPS) is 10.2.